The van der Waals surface area contributed by atoms with E-state index in [1.807, 2.05) is 6.07 Å². The lowest BCUT2D eigenvalue weighted by atomic mass is 10.1. The van der Waals surface area contributed by atoms with E-state index in [-0.39, 0.29) is 17.0 Å². The molecule has 1 saturated heterocycles. The molecule has 134 valence electrons. The Labute approximate surface area is 160 Å². The number of rotatable bonds is 3. The molecule has 26 heavy (non-hydrogen) atoms. The van der Waals surface area contributed by atoms with Crippen molar-refractivity contribution in [2.75, 3.05) is 0 Å². The van der Waals surface area contributed by atoms with Crippen LogP contribution in [0.2, 0.25) is 0 Å². The largest absolute Gasteiger partial charge is 0.416 e. The van der Waals surface area contributed by atoms with E-state index in [9.17, 15) is 22.8 Å². The molecule has 1 aliphatic heterocycles. The van der Waals surface area contributed by atoms with Crippen molar-refractivity contribution in [1.82, 2.24) is 4.90 Å². The van der Waals surface area contributed by atoms with Gasteiger partial charge in [0.15, 0.2) is 0 Å². The molecule has 2 aromatic carbocycles. The molecule has 0 N–H and O–H groups in total. The third-order valence-electron chi connectivity index (χ3n) is 3.62. The number of hydrogen-bond donors (Lipinski definition) is 0. The minimum absolute atomic E-state index is 0.101. The van der Waals surface area contributed by atoms with Gasteiger partial charge < -0.3 is 0 Å². The van der Waals surface area contributed by atoms with Crippen LogP contribution in [0.3, 0.4) is 0 Å². The third kappa shape index (κ3) is 4.19. The molecule has 0 unspecified atom stereocenters. The van der Waals surface area contributed by atoms with Gasteiger partial charge in [0.25, 0.3) is 11.1 Å². The summed E-state index contributed by atoms with van der Waals surface area (Å²) in [7, 11) is 0. The molecule has 0 saturated carbocycles. The van der Waals surface area contributed by atoms with Crippen LogP contribution in [0.4, 0.5) is 18.0 Å². The fourth-order valence-corrected chi connectivity index (χ4v) is 3.70. The number of benzene rings is 2. The van der Waals surface area contributed by atoms with Gasteiger partial charge in [-0.05, 0) is 53.2 Å². The Kier molecular flexibility index (Phi) is 5.24. The normalized spacial score (nSPS) is 16.6. The number of carbonyl (C=O) groups is 2. The second-order valence-corrected chi connectivity index (χ2v) is 7.43. The predicted molar refractivity (Wildman–Crippen MR) is 97.1 cm³/mol. The lowest BCUT2D eigenvalue weighted by molar-refractivity contribution is -0.137. The summed E-state index contributed by atoms with van der Waals surface area (Å²) >= 11 is 4.04. The molecule has 0 aliphatic carbocycles. The van der Waals surface area contributed by atoms with E-state index in [2.05, 4.69) is 15.9 Å². The third-order valence-corrected chi connectivity index (χ3v) is 5.02. The van der Waals surface area contributed by atoms with E-state index in [1.165, 1.54) is 18.2 Å². The van der Waals surface area contributed by atoms with Gasteiger partial charge in [-0.2, -0.15) is 13.2 Å². The highest BCUT2D eigenvalue weighted by atomic mass is 79.9. The number of nitrogens with zero attached hydrogens (tertiary/aromatic N) is 1. The molecular weight excluding hydrogens is 431 g/mol. The van der Waals surface area contributed by atoms with Gasteiger partial charge in [0.2, 0.25) is 0 Å². The Morgan fingerprint density at radius 1 is 1.08 bits per heavy atom. The highest BCUT2D eigenvalue weighted by Gasteiger charge is 2.35. The van der Waals surface area contributed by atoms with Crippen molar-refractivity contribution in [1.29, 1.82) is 0 Å². The monoisotopic (exact) mass is 441 g/mol. The smallest absolute Gasteiger partial charge is 0.268 e. The van der Waals surface area contributed by atoms with Crippen LogP contribution < -0.4 is 0 Å². The Morgan fingerprint density at radius 3 is 2.50 bits per heavy atom. The second kappa shape index (κ2) is 7.28. The number of alkyl halides is 3. The van der Waals surface area contributed by atoms with Crippen molar-refractivity contribution in [2.24, 2.45) is 0 Å². The average molecular weight is 442 g/mol. The van der Waals surface area contributed by atoms with Gasteiger partial charge in [-0.25, -0.2) is 0 Å². The van der Waals surface area contributed by atoms with Gasteiger partial charge in [-0.15, -0.1) is 0 Å². The number of hydrogen-bond acceptors (Lipinski definition) is 3. The second-order valence-electron chi connectivity index (χ2n) is 5.52. The molecule has 1 fully saturated rings. The molecule has 8 heteroatoms. The summed E-state index contributed by atoms with van der Waals surface area (Å²) in [5, 5.41) is -0.451. The van der Waals surface area contributed by atoms with Gasteiger partial charge in [0.1, 0.15) is 0 Å². The SMILES string of the molecule is O=C1S/C(=C/c2cccc(C(F)(F)F)c2)C(=O)N1Cc1cccc(Br)c1. The van der Waals surface area contributed by atoms with Gasteiger partial charge in [-0.3, -0.25) is 14.5 Å². The van der Waals surface area contributed by atoms with Crippen molar-refractivity contribution in [2.45, 2.75) is 12.7 Å². The number of carbonyl (C=O) groups excluding carboxylic acids is 2. The topological polar surface area (TPSA) is 37.4 Å². The summed E-state index contributed by atoms with van der Waals surface area (Å²) in [5.41, 5.74) is 0.175. The van der Waals surface area contributed by atoms with Crippen LogP contribution in [0, 0.1) is 0 Å². The summed E-state index contributed by atoms with van der Waals surface area (Å²) in [6.07, 6.45) is -3.16. The number of thioether (sulfide) groups is 1. The highest BCUT2D eigenvalue weighted by Crippen LogP contribution is 2.35. The quantitative estimate of drug-likeness (QED) is 0.572. The molecular formula is C18H11BrF3NO2S. The predicted octanol–water partition coefficient (Wildman–Crippen LogP) is 5.70. The van der Waals surface area contributed by atoms with E-state index < -0.39 is 22.9 Å². The van der Waals surface area contributed by atoms with Crippen molar-refractivity contribution in [3.05, 3.63) is 74.6 Å². The van der Waals surface area contributed by atoms with Gasteiger partial charge >= 0.3 is 6.18 Å². The average Bonchev–Trinajstić information content (AvgIpc) is 2.82. The summed E-state index contributed by atoms with van der Waals surface area (Å²) in [4.78, 5) is 25.8. The van der Waals surface area contributed by atoms with Crippen LogP contribution in [0.1, 0.15) is 16.7 Å². The standard InChI is InChI=1S/C18H11BrF3NO2S/c19-14-6-2-4-12(8-14)10-23-16(24)15(26-17(23)25)9-11-3-1-5-13(7-11)18(20,21)22/h1-9H,10H2/b15-9+. The van der Waals surface area contributed by atoms with Crippen molar-refractivity contribution < 1.29 is 22.8 Å². The highest BCUT2D eigenvalue weighted by molar-refractivity contribution is 9.10. The van der Waals surface area contributed by atoms with Crippen LogP contribution in [-0.2, 0) is 17.5 Å². The number of amides is 2. The summed E-state index contributed by atoms with van der Waals surface area (Å²) in [6.45, 7) is 0.101. The zero-order chi connectivity index (χ0) is 18.9. The van der Waals surface area contributed by atoms with Gasteiger partial charge in [0.05, 0.1) is 17.0 Å². The minimum Gasteiger partial charge on any atom is -0.268 e. The van der Waals surface area contributed by atoms with E-state index in [1.54, 1.807) is 18.2 Å². The molecule has 1 aliphatic rings. The molecule has 3 rings (SSSR count). The maximum absolute atomic E-state index is 12.8. The molecule has 0 radical (unpaired) electrons. The lowest BCUT2D eigenvalue weighted by Gasteiger charge is -2.12. The van der Waals surface area contributed by atoms with Crippen molar-refractivity contribution in [3.63, 3.8) is 0 Å². The fourth-order valence-electron chi connectivity index (χ4n) is 2.41. The Balaban J connectivity index is 1.83. The van der Waals surface area contributed by atoms with Gasteiger partial charge in [0, 0.05) is 4.47 Å². The fraction of sp³-hybridized carbons (Fsp3) is 0.111. The van der Waals surface area contributed by atoms with Crippen LogP contribution in [0.15, 0.2) is 57.9 Å². The maximum Gasteiger partial charge on any atom is 0.416 e. The minimum atomic E-state index is -4.47. The first-order valence-electron chi connectivity index (χ1n) is 7.41. The van der Waals surface area contributed by atoms with Crippen LogP contribution >= 0.6 is 27.7 Å². The van der Waals surface area contributed by atoms with Gasteiger partial charge in [-0.1, -0.05) is 40.2 Å². The van der Waals surface area contributed by atoms with Crippen molar-refractivity contribution in [3.8, 4) is 0 Å². The van der Waals surface area contributed by atoms with E-state index in [4.69, 9.17) is 0 Å². The Bertz CT molecular complexity index is 911. The summed E-state index contributed by atoms with van der Waals surface area (Å²) in [6, 6.07) is 11.8. The molecule has 0 aromatic heterocycles. The zero-order valence-corrected chi connectivity index (χ0v) is 15.5. The molecule has 2 amide bonds. The van der Waals surface area contributed by atoms with Crippen LogP contribution in [-0.4, -0.2) is 16.0 Å². The van der Waals surface area contributed by atoms with E-state index in [0.717, 1.165) is 38.8 Å². The lowest BCUT2D eigenvalue weighted by Crippen LogP contribution is -2.27. The van der Waals surface area contributed by atoms with E-state index in [0.29, 0.717) is 0 Å². The molecule has 0 atom stereocenters. The zero-order valence-electron chi connectivity index (χ0n) is 13.1. The molecule has 3 nitrogen and oxygen atoms in total. The summed E-state index contributed by atoms with van der Waals surface area (Å²) in [5.74, 6) is -0.516. The molecule has 2 aromatic rings. The molecule has 0 spiro atoms. The van der Waals surface area contributed by atoms with E-state index >= 15 is 0 Å². The number of halogens is 4. The first-order valence-corrected chi connectivity index (χ1v) is 9.02. The first-order chi connectivity index (χ1) is 12.2. The Hall–Kier alpha value is -2.06. The first kappa shape index (κ1) is 18.7. The number of imide groups is 1. The summed E-state index contributed by atoms with van der Waals surface area (Å²) < 4.78 is 39.2. The van der Waals surface area contributed by atoms with Crippen LogP contribution in [0.25, 0.3) is 6.08 Å². The molecule has 0 bridgehead atoms. The van der Waals surface area contributed by atoms with Crippen molar-refractivity contribution >= 4 is 44.9 Å². The molecule has 1 heterocycles. The van der Waals surface area contributed by atoms with Crippen LogP contribution in [0.5, 0.6) is 0 Å². The maximum atomic E-state index is 12.8. The Morgan fingerprint density at radius 2 is 1.81 bits per heavy atom.